The Morgan fingerprint density at radius 3 is 2.54 bits per heavy atom. The topological polar surface area (TPSA) is 152 Å². The molecule has 6 aliphatic rings. The lowest BCUT2D eigenvalue weighted by Gasteiger charge is -2.17. The van der Waals surface area contributed by atoms with Crippen LogP contribution in [-0.2, 0) is 21.0 Å². The maximum absolute atomic E-state index is 13.2. The van der Waals surface area contributed by atoms with Gasteiger partial charge in [-0.15, -0.1) is 0 Å². The number of esters is 1. The number of aliphatic hydroxyl groups excluding tert-OH is 1. The summed E-state index contributed by atoms with van der Waals surface area (Å²) in [6, 6.07) is 3.30. The van der Waals surface area contributed by atoms with E-state index in [4.69, 9.17) is 30.2 Å². The Hall–Kier alpha value is -5.42. The van der Waals surface area contributed by atoms with E-state index in [-0.39, 0.29) is 37.1 Å². The zero-order valence-electron chi connectivity index (χ0n) is 34.3. The van der Waals surface area contributed by atoms with Gasteiger partial charge in [-0.1, -0.05) is 40.0 Å². The highest BCUT2D eigenvalue weighted by atomic mass is 16.5. The molecular weight excluding hydrogens is 717 g/mol. The van der Waals surface area contributed by atoms with Crippen molar-refractivity contribution < 1.29 is 28.7 Å². The van der Waals surface area contributed by atoms with E-state index in [1.165, 1.54) is 12.8 Å². The van der Waals surface area contributed by atoms with E-state index in [0.717, 1.165) is 104 Å². The fraction of sp³-hybridized carbons (Fsp3) is 0.435. The smallest absolute Gasteiger partial charge is 0.310 e. The van der Waals surface area contributed by atoms with Crippen molar-refractivity contribution in [1.29, 1.82) is 0 Å². The Morgan fingerprint density at radius 2 is 1.79 bits per heavy atom. The lowest BCUT2D eigenvalue weighted by molar-refractivity contribution is -0.727. The Morgan fingerprint density at radius 1 is 1.02 bits per heavy atom. The third kappa shape index (κ3) is 7.82. The third-order valence-corrected chi connectivity index (χ3v) is 12.0. The number of amides is 1. The first-order valence-corrected chi connectivity index (χ1v) is 20.4. The molecule has 2 unspecified atom stereocenters. The van der Waals surface area contributed by atoms with Gasteiger partial charge in [0.2, 0.25) is 0 Å². The summed E-state index contributed by atoms with van der Waals surface area (Å²) in [5.74, 6) is -0.725. The number of primary amides is 1. The number of carbonyl (C=O) groups is 2. The molecule has 0 spiro atoms. The van der Waals surface area contributed by atoms with E-state index < -0.39 is 5.91 Å². The average Bonchev–Trinajstić information content (AvgIpc) is 3.95. The predicted molar refractivity (Wildman–Crippen MR) is 222 cm³/mol. The second-order valence-electron chi connectivity index (χ2n) is 15.8. The number of carbonyl (C=O) groups excluding carboxylic acids is 2. The minimum absolute atomic E-state index is 0.0154. The van der Waals surface area contributed by atoms with E-state index in [9.17, 15) is 14.7 Å². The van der Waals surface area contributed by atoms with Gasteiger partial charge in [0, 0.05) is 65.5 Å². The Labute approximate surface area is 335 Å². The summed E-state index contributed by atoms with van der Waals surface area (Å²) in [5, 5.41) is 15.2. The second-order valence-corrected chi connectivity index (χ2v) is 15.8. The standard InChI is InChI=1S/C46H54N6O5/c1-8-10-11-12-18-56-29(7)42-27(5)36-20-35-26(4)32(15-16-41(54)57-24-52-17-13-14-30(23-52)46(47)55)44(50-35)33-19-40(53)43-28(6)37(51-45(33)43)21-38-31(9-2)25(3)34(48-38)22-39(42)49-36/h13-14,17,20-23,26,29,32H,8-12,15-16,18-19,24H2,1-7H3,(H3-,47,48,49,50,51,53,55)/p+1/t26?,29?,32-/m0/s1. The molecule has 0 aromatic carbocycles. The number of allylic oxidation sites excluding steroid dienone is 11. The number of nitrogens with one attached hydrogen (secondary N) is 1. The van der Waals surface area contributed by atoms with Crippen molar-refractivity contribution in [3.63, 3.8) is 0 Å². The van der Waals surface area contributed by atoms with Gasteiger partial charge in [0.25, 0.3) is 12.6 Å². The van der Waals surface area contributed by atoms with Gasteiger partial charge in [0.1, 0.15) is 11.3 Å². The average molecular weight is 772 g/mol. The summed E-state index contributed by atoms with van der Waals surface area (Å²) in [7, 11) is 0. The molecule has 5 aliphatic heterocycles. The van der Waals surface area contributed by atoms with Gasteiger partial charge in [0.15, 0.2) is 12.4 Å². The van der Waals surface area contributed by atoms with Crippen LogP contribution in [0.15, 0.2) is 131 Å². The number of unbranched alkanes of at least 4 members (excludes halogenated alkanes) is 3. The third-order valence-electron chi connectivity index (χ3n) is 12.0. The van der Waals surface area contributed by atoms with Crippen LogP contribution in [0.4, 0.5) is 0 Å². The molecule has 298 valence electrons. The molecule has 0 saturated carbocycles. The van der Waals surface area contributed by atoms with E-state index >= 15 is 0 Å². The highest BCUT2D eigenvalue weighted by Gasteiger charge is 2.41. The lowest BCUT2D eigenvalue weighted by Crippen LogP contribution is -2.36. The largest absolute Gasteiger partial charge is 0.511 e. The number of ether oxygens (including phenoxy) is 2. The molecule has 1 aliphatic carbocycles. The molecular formula is C46H55N6O5+. The molecule has 11 nitrogen and oxygen atoms in total. The van der Waals surface area contributed by atoms with E-state index in [2.05, 4.69) is 65.1 Å². The number of aliphatic imine (C=N–C) groups is 3. The van der Waals surface area contributed by atoms with Crippen LogP contribution < -0.4 is 15.6 Å². The number of hydrogen-bond donors (Lipinski definition) is 3. The minimum Gasteiger partial charge on any atom is -0.511 e. The van der Waals surface area contributed by atoms with Crippen LogP contribution >= 0.6 is 0 Å². The molecule has 8 bridgehead atoms. The van der Waals surface area contributed by atoms with Gasteiger partial charge < -0.3 is 25.6 Å². The summed E-state index contributed by atoms with van der Waals surface area (Å²) < 4.78 is 13.7. The molecule has 1 aromatic rings. The Kier molecular flexibility index (Phi) is 11.6. The molecule has 7 rings (SSSR count). The molecule has 3 atom stereocenters. The molecule has 11 heteroatoms. The molecule has 1 aromatic heterocycles. The van der Waals surface area contributed by atoms with Gasteiger partial charge in [-0.05, 0) is 93.5 Å². The molecule has 6 heterocycles. The molecule has 1 saturated heterocycles. The normalized spacial score (nSPS) is 21.8. The Balaban J connectivity index is 1.27. The summed E-state index contributed by atoms with van der Waals surface area (Å²) in [4.78, 5) is 40.5. The van der Waals surface area contributed by atoms with Crippen molar-refractivity contribution in [2.45, 2.75) is 113 Å². The van der Waals surface area contributed by atoms with Gasteiger partial charge in [-0.25, -0.2) is 15.0 Å². The van der Waals surface area contributed by atoms with Crippen molar-refractivity contribution >= 4 is 29.0 Å². The number of rotatable bonds is 14. The fourth-order valence-electron chi connectivity index (χ4n) is 8.75. The van der Waals surface area contributed by atoms with E-state index in [1.807, 2.05) is 6.92 Å². The van der Waals surface area contributed by atoms with Gasteiger partial charge in [-0.3, -0.25) is 9.59 Å². The number of fused-ring (bicyclic) bond motifs is 5. The first-order chi connectivity index (χ1) is 27.4. The highest BCUT2D eigenvalue weighted by Crippen LogP contribution is 2.46. The van der Waals surface area contributed by atoms with Gasteiger partial charge >= 0.3 is 5.97 Å². The maximum Gasteiger partial charge on any atom is 0.310 e. The number of aliphatic hydroxyl groups is 1. The molecule has 57 heavy (non-hydrogen) atoms. The van der Waals surface area contributed by atoms with E-state index in [0.29, 0.717) is 30.8 Å². The van der Waals surface area contributed by atoms with Crippen molar-refractivity contribution in [2.24, 2.45) is 32.5 Å². The van der Waals surface area contributed by atoms with Gasteiger partial charge in [-0.2, -0.15) is 4.57 Å². The van der Waals surface area contributed by atoms with Crippen LogP contribution in [0, 0.1) is 11.8 Å². The van der Waals surface area contributed by atoms with Crippen LogP contribution in [0.1, 0.15) is 110 Å². The minimum atomic E-state index is -0.552. The van der Waals surface area contributed by atoms with Crippen molar-refractivity contribution in [3.8, 4) is 0 Å². The summed E-state index contributed by atoms with van der Waals surface area (Å²) in [6.07, 6.45) is 15.8. The van der Waals surface area contributed by atoms with Crippen molar-refractivity contribution in [2.75, 3.05) is 6.61 Å². The second kappa shape index (κ2) is 16.6. The van der Waals surface area contributed by atoms with E-state index in [1.54, 1.807) is 29.1 Å². The number of nitrogens with two attached hydrogens (primary N) is 1. The van der Waals surface area contributed by atoms with Crippen LogP contribution in [0.3, 0.4) is 0 Å². The lowest BCUT2D eigenvalue weighted by atomic mass is 9.86. The van der Waals surface area contributed by atoms with Crippen molar-refractivity contribution in [3.05, 3.63) is 122 Å². The highest BCUT2D eigenvalue weighted by molar-refractivity contribution is 6.21. The van der Waals surface area contributed by atoms with Crippen LogP contribution in [-0.4, -0.2) is 46.8 Å². The van der Waals surface area contributed by atoms with Crippen LogP contribution in [0.25, 0.3) is 0 Å². The molecule has 0 radical (unpaired) electrons. The first kappa shape index (κ1) is 39.8. The Bertz CT molecular complexity index is 2270. The van der Waals surface area contributed by atoms with Crippen LogP contribution in [0.5, 0.6) is 0 Å². The summed E-state index contributed by atoms with van der Waals surface area (Å²) >= 11 is 0. The number of aromatic nitrogens is 1. The monoisotopic (exact) mass is 771 g/mol. The number of hydrogen-bond acceptors (Lipinski definition) is 9. The van der Waals surface area contributed by atoms with Crippen LogP contribution in [0.2, 0.25) is 0 Å². The van der Waals surface area contributed by atoms with Crippen molar-refractivity contribution in [1.82, 2.24) is 5.32 Å². The SMILES string of the molecule is CCCCCCOC(C)C1=C(C)C2=NC1=CC1=NC(=CC3=C(C)C4=C(O)CC(=C5NC(=C2)C(C)[C@@H]5CCC(=O)OC[n+]2cccc(C(N)=O)c2)C4=N3)C(CC)=C1C. The zero-order valence-corrected chi connectivity index (χ0v) is 34.3. The predicted octanol–water partition coefficient (Wildman–Crippen LogP) is 8.01. The molecule has 4 N–H and O–H groups in total. The molecule has 1 fully saturated rings. The van der Waals surface area contributed by atoms with Gasteiger partial charge in [0.05, 0.1) is 40.3 Å². The zero-order chi connectivity index (χ0) is 40.5. The fourth-order valence-corrected chi connectivity index (χ4v) is 8.75. The maximum atomic E-state index is 13.2. The summed E-state index contributed by atoms with van der Waals surface area (Å²) in [5.41, 5.74) is 19.7. The quantitative estimate of drug-likeness (QED) is 0.0991. The number of pyridine rings is 1. The summed E-state index contributed by atoms with van der Waals surface area (Å²) in [6.45, 7) is 15.6. The number of nitrogens with zero attached hydrogens (tertiary/aromatic N) is 4. The first-order valence-electron chi connectivity index (χ1n) is 20.4. The molecule has 1 amide bonds.